The highest BCUT2D eigenvalue weighted by Gasteiger charge is 2.26. The average molecular weight is 428 g/mol. The Morgan fingerprint density at radius 1 is 1.27 bits per heavy atom. The van der Waals surface area contributed by atoms with Gasteiger partial charge in [-0.15, -0.1) is 0 Å². The molecule has 0 fully saturated rings. The number of nitrogens with one attached hydrogen (secondary N) is 2. The van der Waals surface area contributed by atoms with Crippen molar-refractivity contribution in [3.63, 3.8) is 0 Å². The maximum Gasteiger partial charge on any atom is 0.421 e. The highest BCUT2D eigenvalue weighted by molar-refractivity contribution is 6.31. The number of rotatable bonds is 5. The zero-order chi connectivity index (χ0) is 21.6. The van der Waals surface area contributed by atoms with Crippen LogP contribution in [-0.4, -0.2) is 19.5 Å². The third kappa shape index (κ3) is 3.70. The van der Waals surface area contributed by atoms with E-state index in [2.05, 4.69) is 20.3 Å². The third-order valence-corrected chi connectivity index (χ3v) is 5.10. The van der Waals surface area contributed by atoms with Gasteiger partial charge in [-0.1, -0.05) is 25.4 Å². The predicted molar refractivity (Wildman–Crippen MR) is 117 cm³/mol. The molecule has 0 saturated carbocycles. The van der Waals surface area contributed by atoms with E-state index in [-0.39, 0.29) is 17.4 Å². The van der Waals surface area contributed by atoms with Crippen molar-refractivity contribution in [3.8, 4) is 0 Å². The maximum absolute atomic E-state index is 12.7. The van der Waals surface area contributed by atoms with Crippen LogP contribution in [-0.2, 0) is 12.1 Å². The molecular weight excluding hydrogens is 406 g/mol. The van der Waals surface area contributed by atoms with Crippen LogP contribution >= 0.6 is 11.6 Å². The van der Waals surface area contributed by atoms with Gasteiger partial charge in [-0.25, -0.2) is 9.78 Å². The van der Waals surface area contributed by atoms with Crippen LogP contribution in [0.25, 0.3) is 22.1 Å². The molecule has 4 rings (SSSR count). The van der Waals surface area contributed by atoms with Crippen molar-refractivity contribution in [2.24, 2.45) is 5.92 Å². The van der Waals surface area contributed by atoms with Crippen LogP contribution in [0.2, 0.25) is 5.02 Å². The first-order chi connectivity index (χ1) is 14.1. The van der Waals surface area contributed by atoms with E-state index in [1.807, 2.05) is 27.7 Å². The van der Waals surface area contributed by atoms with Gasteiger partial charge >= 0.3 is 5.76 Å². The topological polar surface area (TPSA) is 106 Å². The molecule has 0 spiro atoms. The SMILES string of the molecule is CC(C)Cn1c(=O)oc2cnc(NC(C)(C)c3cc4cc(Cl)ccc4[nH]c3=O)nc21. The summed E-state index contributed by atoms with van der Waals surface area (Å²) in [5.74, 6) is 0.0676. The van der Waals surface area contributed by atoms with Gasteiger partial charge in [-0.3, -0.25) is 9.36 Å². The van der Waals surface area contributed by atoms with Crippen LogP contribution in [0.4, 0.5) is 5.95 Å². The highest BCUT2D eigenvalue weighted by atomic mass is 35.5. The minimum absolute atomic E-state index is 0.219. The van der Waals surface area contributed by atoms with Crippen LogP contribution in [0, 0.1) is 5.92 Å². The van der Waals surface area contributed by atoms with Gasteiger partial charge in [-0.2, -0.15) is 4.98 Å². The van der Waals surface area contributed by atoms with Crippen molar-refractivity contribution in [2.45, 2.75) is 39.8 Å². The second-order valence-corrected chi connectivity index (χ2v) is 8.68. The van der Waals surface area contributed by atoms with Crippen molar-refractivity contribution in [3.05, 3.63) is 62.0 Å². The van der Waals surface area contributed by atoms with Crippen LogP contribution in [0.3, 0.4) is 0 Å². The minimum atomic E-state index is -0.801. The van der Waals surface area contributed by atoms with E-state index < -0.39 is 11.3 Å². The lowest BCUT2D eigenvalue weighted by Crippen LogP contribution is -2.35. The number of nitrogens with zero attached hydrogens (tertiary/aromatic N) is 3. The molecule has 3 heterocycles. The van der Waals surface area contributed by atoms with Gasteiger partial charge < -0.3 is 14.7 Å². The number of aromatic nitrogens is 4. The van der Waals surface area contributed by atoms with Crippen LogP contribution in [0.15, 0.2) is 44.5 Å². The zero-order valence-corrected chi connectivity index (χ0v) is 17.9. The van der Waals surface area contributed by atoms with Crippen LogP contribution in [0.5, 0.6) is 0 Å². The molecule has 0 amide bonds. The highest BCUT2D eigenvalue weighted by Crippen LogP contribution is 2.25. The molecule has 0 unspecified atom stereocenters. The lowest BCUT2D eigenvalue weighted by Gasteiger charge is -2.26. The first-order valence-electron chi connectivity index (χ1n) is 9.61. The summed E-state index contributed by atoms with van der Waals surface area (Å²) in [5.41, 5.74) is 0.933. The Kier molecular flexibility index (Phi) is 4.89. The molecule has 1 aromatic carbocycles. The Balaban J connectivity index is 1.75. The second kappa shape index (κ2) is 7.28. The summed E-state index contributed by atoms with van der Waals surface area (Å²) in [6, 6.07) is 7.10. The van der Waals surface area contributed by atoms with Crippen LogP contribution in [0.1, 0.15) is 33.3 Å². The van der Waals surface area contributed by atoms with Crippen molar-refractivity contribution in [1.29, 1.82) is 0 Å². The molecule has 0 aliphatic carbocycles. The number of halogens is 1. The quantitative estimate of drug-likeness (QED) is 0.500. The molecule has 0 saturated heterocycles. The first-order valence-corrected chi connectivity index (χ1v) is 9.99. The lowest BCUT2D eigenvalue weighted by atomic mass is 9.94. The second-order valence-electron chi connectivity index (χ2n) is 8.25. The smallest absolute Gasteiger partial charge is 0.404 e. The lowest BCUT2D eigenvalue weighted by molar-refractivity contribution is 0.458. The van der Waals surface area contributed by atoms with Gasteiger partial charge in [0, 0.05) is 28.0 Å². The van der Waals surface area contributed by atoms with Crippen molar-refractivity contribution >= 4 is 39.7 Å². The van der Waals surface area contributed by atoms with Crippen molar-refractivity contribution < 1.29 is 4.42 Å². The Labute approximate surface area is 176 Å². The standard InChI is InChI=1S/C21H22ClN5O3/c1-11(2)10-27-17-16(30-20(27)29)9-23-19(25-17)26-21(3,4)14-8-12-7-13(22)5-6-15(12)24-18(14)28/h5-9,11H,10H2,1-4H3,(H,24,28)(H,23,25,26). The molecule has 9 heteroatoms. The summed E-state index contributed by atoms with van der Waals surface area (Å²) in [5, 5.41) is 4.61. The Morgan fingerprint density at radius 2 is 2.03 bits per heavy atom. The summed E-state index contributed by atoms with van der Waals surface area (Å²) in [6.45, 7) is 8.22. The number of fused-ring (bicyclic) bond motifs is 2. The minimum Gasteiger partial charge on any atom is -0.404 e. The summed E-state index contributed by atoms with van der Waals surface area (Å²) in [7, 11) is 0. The van der Waals surface area contributed by atoms with Gasteiger partial charge in [0.1, 0.15) is 0 Å². The number of aromatic amines is 1. The summed E-state index contributed by atoms with van der Waals surface area (Å²) < 4.78 is 6.73. The fourth-order valence-corrected chi connectivity index (χ4v) is 3.62. The third-order valence-electron chi connectivity index (χ3n) is 4.86. The molecule has 0 atom stereocenters. The molecule has 2 N–H and O–H groups in total. The molecule has 0 bridgehead atoms. The van der Waals surface area contributed by atoms with Gasteiger partial charge in [0.15, 0.2) is 11.2 Å². The summed E-state index contributed by atoms with van der Waals surface area (Å²) in [6.07, 6.45) is 1.46. The molecule has 156 valence electrons. The molecule has 0 aliphatic heterocycles. The van der Waals surface area contributed by atoms with Crippen LogP contribution < -0.4 is 16.6 Å². The molecular formula is C21H22ClN5O3. The molecule has 30 heavy (non-hydrogen) atoms. The van der Waals surface area contributed by atoms with E-state index in [1.54, 1.807) is 24.3 Å². The average Bonchev–Trinajstić information content (AvgIpc) is 2.95. The largest absolute Gasteiger partial charge is 0.421 e. The first kappa shape index (κ1) is 20.2. The van der Waals surface area contributed by atoms with E-state index in [0.29, 0.717) is 33.9 Å². The predicted octanol–water partition coefficient (Wildman–Crippen LogP) is 3.88. The number of anilines is 1. The van der Waals surface area contributed by atoms with Crippen molar-refractivity contribution in [2.75, 3.05) is 5.32 Å². The number of benzene rings is 1. The van der Waals surface area contributed by atoms with E-state index in [4.69, 9.17) is 16.0 Å². The number of oxazole rings is 1. The molecule has 0 aliphatic rings. The molecule has 4 aromatic rings. The molecule has 3 aromatic heterocycles. The van der Waals surface area contributed by atoms with E-state index >= 15 is 0 Å². The number of hydrogen-bond donors (Lipinski definition) is 2. The zero-order valence-electron chi connectivity index (χ0n) is 17.1. The van der Waals surface area contributed by atoms with Crippen molar-refractivity contribution in [1.82, 2.24) is 19.5 Å². The monoisotopic (exact) mass is 427 g/mol. The fraction of sp³-hybridized carbons (Fsp3) is 0.333. The summed E-state index contributed by atoms with van der Waals surface area (Å²) in [4.78, 5) is 36.5. The fourth-order valence-electron chi connectivity index (χ4n) is 3.44. The van der Waals surface area contributed by atoms with E-state index in [0.717, 1.165) is 5.39 Å². The van der Waals surface area contributed by atoms with Gasteiger partial charge in [0.2, 0.25) is 5.95 Å². The maximum atomic E-state index is 12.7. The number of H-pyrrole nitrogens is 1. The Bertz CT molecular complexity index is 1370. The Hall–Kier alpha value is -3.13. The summed E-state index contributed by atoms with van der Waals surface area (Å²) >= 11 is 6.10. The van der Waals surface area contributed by atoms with E-state index in [1.165, 1.54) is 10.8 Å². The Morgan fingerprint density at radius 3 is 2.77 bits per heavy atom. The van der Waals surface area contributed by atoms with Gasteiger partial charge in [0.25, 0.3) is 5.56 Å². The number of pyridine rings is 1. The molecule has 8 nitrogen and oxygen atoms in total. The van der Waals surface area contributed by atoms with Gasteiger partial charge in [0.05, 0.1) is 11.7 Å². The normalized spacial score (nSPS) is 12.2. The molecule has 0 radical (unpaired) electrons. The number of hydrogen-bond acceptors (Lipinski definition) is 6. The van der Waals surface area contributed by atoms with E-state index in [9.17, 15) is 9.59 Å². The van der Waals surface area contributed by atoms with Gasteiger partial charge in [-0.05, 0) is 44.0 Å².